The van der Waals surface area contributed by atoms with E-state index in [4.69, 9.17) is 14.2 Å². The lowest BCUT2D eigenvalue weighted by Gasteiger charge is -2.23. The van der Waals surface area contributed by atoms with Crippen molar-refractivity contribution in [2.75, 3.05) is 19.8 Å². The number of carbonyl (C=O) groups excluding carboxylic acids is 2. The van der Waals surface area contributed by atoms with Crippen LogP contribution in [0, 0.1) is 5.92 Å². The summed E-state index contributed by atoms with van der Waals surface area (Å²) in [5.41, 5.74) is -1.60. The molecule has 1 aliphatic rings. The fourth-order valence-corrected chi connectivity index (χ4v) is 2.20. The number of rotatable bonds is 8. The van der Waals surface area contributed by atoms with Crippen LogP contribution in [0.1, 0.15) is 53.9 Å². The van der Waals surface area contributed by atoms with Crippen molar-refractivity contribution in [1.29, 1.82) is 0 Å². The molecule has 0 radical (unpaired) electrons. The van der Waals surface area contributed by atoms with Crippen LogP contribution in [0.4, 0.5) is 4.79 Å². The van der Waals surface area contributed by atoms with Gasteiger partial charge >= 0.3 is 12.1 Å². The normalized spacial score (nSPS) is 23.8. The first-order valence-electron chi connectivity index (χ1n) is 8.01. The molecule has 0 spiro atoms. The van der Waals surface area contributed by atoms with E-state index in [1.807, 2.05) is 0 Å². The van der Waals surface area contributed by atoms with Crippen LogP contribution in [0.3, 0.4) is 0 Å². The number of hydrogen-bond acceptors (Lipinski definition) is 5. The molecule has 0 aromatic heterocycles. The van der Waals surface area contributed by atoms with Crippen LogP contribution in [0.25, 0.3) is 0 Å². The summed E-state index contributed by atoms with van der Waals surface area (Å²) in [6, 6.07) is 0. The summed E-state index contributed by atoms with van der Waals surface area (Å²) in [6.45, 7) is 10.6. The summed E-state index contributed by atoms with van der Waals surface area (Å²) in [5.74, 6) is -0.471. The number of carbonyl (C=O) groups is 2. The minimum Gasteiger partial charge on any atom is -0.464 e. The molecule has 0 aromatic carbocycles. The number of amides is 1. The molecule has 1 fully saturated rings. The summed E-state index contributed by atoms with van der Waals surface area (Å²) in [5, 5.41) is 2.68. The molecule has 0 unspecified atom stereocenters. The van der Waals surface area contributed by atoms with Crippen LogP contribution in [-0.4, -0.2) is 43.0 Å². The molecule has 0 saturated heterocycles. The van der Waals surface area contributed by atoms with Crippen molar-refractivity contribution in [3.8, 4) is 0 Å². The summed E-state index contributed by atoms with van der Waals surface area (Å²) in [7, 11) is 0. The Balaban J connectivity index is 2.59. The molecule has 6 heteroatoms. The van der Waals surface area contributed by atoms with E-state index in [9.17, 15) is 9.59 Å². The summed E-state index contributed by atoms with van der Waals surface area (Å²) in [4.78, 5) is 24.1. The Hall–Kier alpha value is -1.30. The quantitative estimate of drug-likeness (QED) is 0.550. The van der Waals surface area contributed by atoms with Gasteiger partial charge in [-0.2, -0.15) is 0 Å². The smallest absolute Gasteiger partial charge is 0.408 e. The van der Waals surface area contributed by atoms with Gasteiger partial charge in [0, 0.05) is 12.5 Å². The number of hydrogen-bond donors (Lipinski definition) is 1. The van der Waals surface area contributed by atoms with Crippen molar-refractivity contribution in [3.63, 3.8) is 0 Å². The van der Waals surface area contributed by atoms with E-state index in [1.165, 1.54) is 0 Å². The van der Waals surface area contributed by atoms with Crippen molar-refractivity contribution in [2.24, 2.45) is 5.92 Å². The van der Waals surface area contributed by atoms with E-state index in [-0.39, 0.29) is 12.5 Å². The maximum Gasteiger partial charge on any atom is 0.408 e. The van der Waals surface area contributed by atoms with E-state index >= 15 is 0 Å². The van der Waals surface area contributed by atoms with Crippen molar-refractivity contribution >= 4 is 12.1 Å². The van der Waals surface area contributed by atoms with E-state index in [0.717, 1.165) is 12.8 Å². The molecule has 1 saturated carbocycles. The van der Waals surface area contributed by atoms with Crippen LogP contribution in [0.15, 0.2) is 0 Å². The molecule has 1 aliphatic carbocycles. The van der Waals surface area contributed by atoms with Crippen molar-refractivity contribution in [3.05, 3.63) is 0 Å². The number of ether oxygens (including phenoxy) is 3. The van der Waals surface area contributed by atoms with Crippen molar-refractivity contribution < 1.29 is 23.8 Å². The van der Waals surface area contributed by atoms with Crippen LogP contribution >= 0.6 is 0 Å². The van der Waals surface area contributed by atoms with Gasteiger partial charge in [0.05, 0.1) is 13.2 Å². The van der Waals surface area contributed by atoms with Gasteiger partial charge in [-0.3, -0.25) is 0 Å². The minimum absolute atomic E-state index is 0.0593. The van der Waals surface area contributed by atoms with Crippen LogP contribution < -0.4 is 5.32 Å². The zero-order valence-electron chi connectivity index (χ0n) is 14.4. The highest BCUT2D eigenvalue weighted by molar-refractivity contribution is 5.89. The second-order valence-electron chi connectivity index (χ2n) is 6.65. The van der Waals surface area contributed by atoms with Crippen LogP contribution in [0.5, 0.6) is 0 Å². The second kappa shape index (κ2) is 7.81. The number of unbranched alkanes of at least 4 members (excludes halogenated alkanes) is 1. The third kappa shape index (κ3) is 5.48. The van der Waals surface area contributed by atoms with Gasteiger partial charge in [0.1, 0.15) is 11.1 Å². The Morgan fingerprint density at radius 3 is 2.50 bits per heavy atom. The molecule has 1 rings (SSSR count). The van der Waals surface area contributed by atoms with Crippen LogP contribution in [0.2, 0.25) is 0 Å². The van der Waals surface area contributed by atoms with Gasteiger partial charge in [-0.05, 0) is 40.5 Å². The maximum atomic E-state index is 12.2. The Labute approximate surface area is 132 Å². The van der Waals surface area contributed by atoms with Crippen molar-refractivity contribution in [2.45, 2.75) is 65.0 Å². The molecule has 0 bridgehead atoms. The van der Waals surface area contributed by atoms with E-state index in [0.29, 0.717) is 19.6 Å². The van der Waals surface area contributed by atoms with E-state index in [1.54, 1.807) is 27.7 Å². The third-order valence-electron chi connectivity index (χ3n) is 3.43. The molecule has 128 valence electrons. The number of esters is 1. The first kappa shape index (κ1) is 18.7. The molecule has 6 nitrogen and oxygen atoms in total. The maximum absolute atomic E-state index is 12.2. The predicted molar refractivity (Wildman–Crippen MR) is 82.6 cm³/mol. The lowest BCUT2D eigenvalue weighted by atomic mass is 10.2. The molecule has 2 atom stereocenters. The van der Waals surface area contributed by atoms with Crippen LogP contribution in [-0.2, 0) is 19.0 Å². The molecule has 1 N–H and O–H groups in total. The highest BCUT2D eigenvalue weighted by Gasteiger charge is 2.63. The first-order chi connectivity index (χ1) is 10.2. The third-order valence-corrected chi connectivity index (χ3v) is 3.43. The van der Waals surface area contributed by atoms with Gasteiger partial charge in [-0.1, -0.05) is 13.3 Å². The standard InChI is InChI=1S/C16H29NO5/c1-6-8-9-20-11-12-10-16(12,13(18)21-7-2)17-14(19)22-15(3,4)5/h12H,6-11H2,1-5H3,(H,17,19)/t12-,16+/m0/s1. The molecule has 1 amide bonds. The molecule has 0 aromatic rings. The van der Waals surface area contributed by atoms with E-state index < -0.39 is 23.2 Å². The Morgan fingerprint density at radius 2 is 1.95 bits per heavy atom. The number of nitrogens with one attached hydrogen (secondary N) is 1. The first-order valence-corrected chi connectivity index (χ1v) is 8.01. The van der Waals surface area contributed by atoms with Gasteiger partial charge in [0.2, 0.25) is 0 Å². The SMILES string of the molecule is CCCCOC[C@@H]1C[C@]1(NC(=O)OC(C)(C)C)C(=O)OCC. The average Bonchev–Trinajstić information content (AvgIpc) is 3.07. The highest BCUT2D eigenvalue weighted by atomic mass is 16.6. The van der Waals surface area contributed by atoms with Crippen molar-refractivity contribution in [1.82, 2.24) is 5.32 Å². The van der Waals surface area contributed by atoms with Gasteiger partial charge in [-0.25, -0.2) is 9.59 Å². The van der Waals surface area contributed by atoms with E-state index in [2.05, 4.69) is 12.2 Å². The minimum atomic E-state index is -0.995. The topological polar surface area (TPSA) is 73.9 Å². The number of alkyl carbamates (subject to hydrolysis) is 1. The molecule has 22 heavy (non-hydrogen) atoms. The Morgan fingerprint density at radius 1 is 1.27 bits per heavy atom. The largest absolute Gasteiger partial charge is 0.464 e. The van der Waals surface area contributed by atoms with Gasteiger partial charge in [0.25, 0.3) is 0 Å². The van der Waals surface area contributed by atoms with Gasteiger partial charge in [0.15, 0.2) is 0 Å². The molecule has 0 aliphatic heterocycles. The second-order valence-corrected chi connectivity index (χ2v) is 6.65. The molecular weight excluding hydrogens is 286 g/mol. The predicted octanol–water partition coefficient (Wildman–Crippen LogP) is 2.65. The fourth-order valence-electron chi connectivity index (χ4n) is 2.20. The summed E-state index contributed by atoms with van der Waals surface area (Å²) >= 11 is 0. The highest BCUT2D eigenvalue weighted by Crippen LogP contribution is 2.45. The van der Waals surface area contributed by atoms with Gasteiger partial charge < -0.3 is 19.5 Å². The Kier molecular flexibility index (Phi) is 6.66. The lowest BCUT2D eigenvalue weighted by molar-refractivity contribution is -0.147. The zero-order chi connectivity index (χ0) is 16.8. The van der Waals surface area contributed by atoms with Gasteiger partial charge in [-0.15, -0.1) is 0 Å². The monoisotopic (exact) mass is 315 g/mol. The average molecular weight is 315 g/mol. The summed E-state index contributed by atoms with van der Waals surface area (Å²) < 4.78 is 15.9. The Bertz CT molecular complexity index is 390. The summed E-state index contributed by atoms with van der Waals surface area (Å²) in [6.07, 6.45) is 1.97. The zero-order valence-corrected chi connectivity index (χ0v) is 14.4. The molecular formula is C16H29NO5. The molecule has 0 heterocycles. The fraction of sp³-hybridized carbons (Fsp3) is 0.875. The lowest BCUT2D eigenvalue weighted by Crippen LogP contribution is -2.48.